The van der Waals surface area contributed by atoms with Gasteiger partial charge in [0.05, 0.1) is 39.1 Å². The minimum absolute atomic E-state index is 0.0531. The number of hydrogen-bond acceptors (Lipinski definition) is 7. The largest absolute Gasteiger partial charge is 0.333 e. The number of anilines is 2. The fraction of sp³-hybridized carbons (Fsp3) is 0.0690. The first kappa shape index (κ1) is 26.8. The number of hydrazone groups is 1. The van der Waals surface area contributed by atoms with E-state index in [-0.39, 0.29) is 10.9 Å². The number of halogens is 1. The summed E-state index contributed by atoms with van der Waals surface area (Å²) in [5.74, 6) is 0. The zero-order chi connectivity index (χ0) is 28.4. The topological polar surface area (TPSA) is 109 Å². The predicted molar refractivity (Wildman–Crippen MR) is 161 cm³/mol. The molecule has 41 heavy (non-hydrogen) atoms. The second-order valence-corrected chi connectivity index (χ2v) is 12.3. The van der Waals surface area contributed by atoms with Crippen LogP contribution < -0.4 is 15.0 Å². The molecule has 0 saturated heterocycles. The molecule has 1 aliphatic heterocycles. The molecule has 1 aliphatic rings. The summed E-state index contributed by atoms with van der Waals surface area (Å²) in [6.45, 7) is 0. The molecule has 0 radical (unpaired) electrons. The number of nitrogens with zero attached hydrogens (tertiary/aromatic N) is 4. The van der Waals surface area contributed by atoms with Gasteiger partial charge in [-0.1, -0.05) is 35.9 Å². The number of aromatic nitrogens is 2. The van der Waals surface area contributed by atoms with Gasteiger partial charge in [0.2, 0.25) is 0 Å². The predicted octanol–water partition coefficient (Wildman–Crippen LogP) is 6.45. The Morgan fingerprint density at radius 3 is 2.39 bits per heavy atom. The lowest BCUT2D eigenvalue weighted by molar-refractivity contribution is 0.256. The van der Waals surface area contributed by atoms with Crippen LogP contribution in [0, 0.1) is 0 Å². The van der Waals surface area contributed by atoms with E-state index in [1.165, 1.54) is 12.1 Å². The third kappa shape index (κ3) is 5.87. The molecular formula is C29H23ClN6O3S2. The average Bonchev–Trinajstić information content (AvgIpc) is 3.75. The van der Waals surface area contributed by atoms with Crippen molar-refractivity contribution in [3.63, 3.8) is 0 Å². The van der Waals surface area contributed by atoms with Crippen LogP contribution in [0.5, 0.6) is 0 Å². The standard InChI is InChI=1S/C29H23ClN6O3S2/c30-21-8-10-22(11-9-21)32-29(37)34-41(38,39)25-14-12-24(13-15-25)36-27(17-26(33-36)28-7-4-16-40-28)20-18-31-35(19-20)23-5-2-1-3-6-23/h1-16,18-19,27H,17H2,(H2,32,34,37). The summed E-state index contributed by atoms with van der Waals surface area (Å²) in [7, 11) is -4.12. The van der Waals surface area contributed by atoms with Crippen LogP contribution >= 0.6 is 22.9 Å². The summed E-state index contributed by atoms with van der Waals surface area (Å²) in [6.07, 6.45) is 4.48. The van der Waals surface area contributed by atoms with Gasteiger partial charge in [0.15, 0.2) is 0 Å². The molecule has 206 valence electrons. The molecule has 3 aromatic carbocycles. The molecule has 5 aromatic rings. The van der Waals surface area contributed by atoms with E-state index in [0.29, 0.717) is 22.8 Å². The van der Waals surface area contributed by atoms with Crippen LogP contribution in [0.2, 0.25) is 5.02 Å². The first-order valence-corrected chi connectivity index (χ1v) is 15.3. The quantitative estimate of drug-likeness (QED) is 0.222. The third-order valence-corrected chi connectivity index (χ3v) is 8.98. The number of hydrogen-bond donors (Lipinski definition) is 2. The van der Waals surface area contributed by atoms with E-state index < -0.39 is 16.1 Å². The van der Waals surface area contributed by atoms with Gasteiger partial charge in [-0.25, -0.2) is 22.6 Å². The number of para-hydroxylation sites is 1. The minimum Gasteiger partial charge on any atom is -0.307 e. The Morgan fingerprint density at radius 2 is 1.68 bits per heavy atom. The molecule has 2 amide bonds. The molecule has 3 heterocycles. The molecule has 9 nitrogen and oxygen atoms in total. The Bertz CT molecular complexity index is 1800. The summed E-state index contributed by atoms with van der Waals surface area (Å²) in [5, 5.41) is 16.4. The van der Waals surface area contributed by atoms with Gasteiger partial charge in [-0.15, -0.1) is 11.3 Å². The summed E-state index contributed by atoms with van der Waals surface area (Å²) in [5.41, 5.74) is 3.98. The van der Waals surface area contributed by atoms with Crippen molar-refractivity contribution in [3.05, 3.63) is 124 Å². The maximum Gasteiger partial charge on any atom is 0.333 e. The number of nitrogens with one attached hydrogen (secondary N) is 2. The first-order valence-electron chi connectivity index (χ1n) is 12.6. The Labute approximate surface area is 245 Å². The molecule has 0 bridgehead atoms. The monoisotopic (exact) mass is 602 g/mol. The number of thiophene rings is 1. The van der Waals surface area contributed by atoms with Gasteiger partial charge >= 0.3 is 6.03 Å². The molecule has 2 aromatic heterocycles. The van der Waals surface area contributed by atoms with Gasteiger partial charge in [0.25, 0.3) is 10.0 Å². The molecular weight excluding hydrogens is 580 g/mol. The van der Waals surface area contributed by atoms with Crippen LogP contribution in [-0.4, -0.2) is 29.9 Å². The first-order chi connectivity index (χ1) is 19.9. The van der Waals surface area contributed by atoms with Crippen molar-refractivity contribution >= 4 is 56.1 Å². The fourth-order valence-electron chi connectivity index (χ4n) is 4.48. The number of urea groups is 1. The number of carbonyl (C=O) groups excluding carboxylic acids is 1. The maximum atomic E-state index is 12.9. The van der Waals surface area contributed by atoms with Crippen LogP contribution in [0.15, 0.2) is 119 Å². The number of carbonyl (C=O) groups is 1. The van der Waals surface area contributed by atoms with Crippen LogP contribution in [0.3, 0.4) is 0 Å². The molecule has 12 heteroatoms. The molecule has 0 aliphatic carbocycles. The van der Waals surface area contributed by atoms with Gasteiger partial charge < -0.3 is 5.32 Å². The van der Waals surface area contributed by atoms with Gasteiger partial charge in [-0.05, 0) is 72.1 Å². The smallest absolute Gasteiger partial charge is 0.307 e. The Balaban J connectivity index is 1.24. The highest BCUT2D eigenvalue weighted by Crippen LogP contribution is 2.37. The number of rotatable bonds is 7. The van der Waals surface area contributed by atoms with Crippen LogP contribution in [0.4, 0.5) is 16.2 Å². The SMILES string of the molecule is O=C(Nc1ccc(Cl)cc1)NS(=O)(=O)c1ccc(N2N=C(c3cccs3)CC2c2cnn(-c3ccccc3)c2)cc1. The zero-order valence-corrected chi connectivity index (χ0v) is 23.8. The summed E-state index contributed by atoms with van der Waals surface area (Å²) in [4.78, 5) is 13.4. The van der Waals surface area contributed by atoms with Gasteiger partial charge in [0, 0.05) is 28.9 Å². The molecule has 0 spiro atoms. The van der Waals surface area contributed by atoms with E-state index in [9.17, 15) is 13.2 Å². The van der Waals surface area contributed by atoms with E-state index in [0.717, 1.165) is 21.8 Å². The molecule has 6 rings (SSSR count). The Kier molecular flexibility index (Phi) is 7.31. The maximum absolute atomic E-state index is 12.9. The molecule has 1 unspecified atom stereocenters. The van der Waals surface area contributed by atoms with Gasteiger partial charge in [-0.2, -0.15) is 10.2 Å². The number of amides is 2. The van der Waals surface area contributed by atoms with Crippen LogP contribution in [-0.2, 0) is 10.0 Å². The van der Waals surface area contributed by atoms with Gasteiger partial charge in [0.1, 0.15) is 0 Å². The minimum atomic E-state index is -4.12. The normalized spacial score (nSPS) is 15.0. The van der Waals surface area contributed by atoms with E-state index in [1.54, 1.807) is 47.7 Å². The van der Waals surface area contributed by atoms with E-state index in [2.05, 4.69) is 10.4 Å². The average molecular weight is 603 g/mol. The summed E-state index contributed by atoms with van der Waals surface area (Å²) >= 11 is 7.48. The van der Waals surface area contributed by atoms with E-state index >= 15 is 0 Å². The van der Waals surface area contributed by atoms with Crippen molar-refractivity contribution in [1.29, 1.82) is 0 Å². The second kappa shape index (κ2) is 11.2. The van der Waals surface area contributed by atoms with E-state index in [1.807, 2.05) is 74.7 Å². The van der Waals surface area contributed by atoms with Gasteiger partial charge in [-0.3, -0.25) is 5.01 Å². The van der Waals surface area contributed by atoms with Crippen molar-refractivity contribution in [2.45, 2.75) is 17.4 Å². The number of sulfonamides is 1. The highest BCUT2D eigenvalue weighted by Gasteiger charge is 2.32. The highest BCUT2D eigenvalue weighted by molar-refractivity contribution is 7.90. The highest BCUT2D eigenvalue weighted by atomic mass is 35.5. The van der Waals surface area contributed by atoms with E-state index in [4.69, 9.17) is 16.7 Å². The zero-order valence-electron chi connectivity index (χ0n) is 21.4. The summed E-state index contributed by atoms with van der Waals surface area (Å²) in [6, 6.07) is 25.5. The van der Waals surface area contributed by atoms with Crippen molar-refractivity contribution < 1.29 is 13.2 Å². The molecule has 1 atom stereocenters. The lowest BCUT2D eigenvalue weighted by Gasteiger charge is -2.23. The summed E-state index contributed by atoms with van der Waals surface area (Å²) < 4.78 is 29.7. The van der Waals surface area contributed by atoms with Crippen molar-refractivity contribution in [2.75, 3.05) is 10.3 Å². The van der Waals surface area contributed by atoms with Crippen molar-refractivity contribution in [3.8, 4) is 5.69 Å². The third-order valence-electron chi connectivity index (χ3n) is 6.46. The fourth-order valence-corrected chi connectivity index (χ4v) is 6.23. The Hall–Kier alpha value is -4.45. The molecule has 2 N–H and O–H groups in total. The lowest BCUT2D eigenvalue weighted by Crippen LogP contribution is -2.34. The van der Waals surface area contributed by atoms with Crippen LogP contribution in [0.1, 0.15) is 22.9 Å². The Morgan fingerprint density at radius 1 is 0.927 bits per heavy atom. The lowest BCUT2D eigenvalue weighted by atomic mass is 10.0. The van der Waals surface area contributed by atoms with Crippen molar-refractivity contribution in [2.24, 2.45) is 5.10 Å². The van der Waals surface area contributed by atoms with Crippen molar-refractivity contribution in [1.82, 2.24) is 14.5 Å². The number of benzene rings is 3. The second-order valence-electron chi connectivity index (χ2n) is 9.20. The molecule has 0 saturated carbocycles. The molecule has 0 fully saturated rings. The van der Waals surface area contributed by atoms with Crippen LogP contribution in [0.25, 0.3) is 5.69 Å².